The highest BCUT2D eigenvalue weighted by molar-refractivity contribution is 6.22. The number of hydrogen-bond acceptors (Lipinski definition) is 6. The standard InChI is InChI=1S/C23H27N5O3/c1-30-19-11-7-17(8-12-19)25-23(29)28(18-9-13-20(31-2)14-10-18)22-24-16-27-15-5-3-4-6-21(27)26-22/h7-14H,3-6,15-16H2,1-2H3,(H,25,29). The fourth-order valence-electron chi connectivity index (χ4n) is 3.66. The number of guanidine groups is 1. The highest BCUT2D eigenvalue weighted by atomic mass is 16.5. The maximum absolute atomic E-state index is 13.3. The molecule has 8 heteroatoms. The first-order valence-corrected chi connectivity index (χ1v) is 10.4. The van der Waals surface area contributed by atoms with Gasteiger partial charge in [-0.05, 0) is 61.4 Å². The average Bonchev–Trinajstić information content (AvgIpc) is 3.05. The highest BCUT2D eigenvalue weighted by Gasteiger charge is 2.27. The van der Waals surface area contributed by atoms with Gasteiger partial charge < -0.3 is 19.7 Å². The summed E-state index contributed by atoms with van der Waals surface area (Å²) in [5.41, 5.74) is 1.32. The van der Waals surface area contributed by atoms with E-state index in [1.54, 1.807) is 38.5 Å². The van der Waals surface area contributed by atoms with Gasteiger partial charge in [0.1, 0.15) is 24.0 Å². The lowest BCUT2D eigenvalue weighted by Gasteiger charge is -2.30. The van der Waals surface area contributed by atoms with E-state index >= 15 is 0 Å². The number of carbonyl (C=O) groups is 1. The van der Waals surface area contributed by atoms with Crippen molar-refractivity contribution in [3.05, 3.63) is 48.5 Å². The Balaban J connectivity index is 1.63. The summed E-state index contributed by atoms with van der Waals surface area (Å²) in [5, 5.41) is 2.94. The Kier molecular flexibility index (Phi) is 6.35. The van der Waals surface area contributed by atoms with Crippen molar-refractivity contribution in [2.75, 3.05) is 37.6 Å². The molecule has 1 N–H and O–H groups in total. The second kappa shape index (κ2) is 9.51. The molecule has 0 spiro atoms. The molecule has 0 bridgehead atoms. The molecule has 2 aromatic rings. The summed E-state index contributed by atoms with van der Waals surface area (Å²) < 4.78 is 10.5. The molecule has 0 unspecified atom stereocenters. The Morgan fingerprint density at radius 3 is 2.32 bits per heavy atom. The molecular formula is C23H27N5O3. The molecular weight excluding hydrogens is 394 g/mol. The van der Waals surface area contributed by atoms with E-state index in [0.717, 1.165) is 37.4 Å². The van der Waals surface area contributed by atoms with Crippen LogP contribution in [-0.2, 0) is 0 Å². The first kappa shape index (κ1) is 20.7. The van der Waals surface area contributed by atoms with Gasteiger partial charge in [0, 0.05) is 18.7 Å². The van der Waals surface area contributed by atoms with Gasteiger partial charge >= 0.3 is 6.03 Å². The molecule has 2 aliphatic rings. The fraction of sp³-hybridized carbons (Fsp3) is 0.348. The Morgan fingerprint density at radius 2 is 1.65 bits per heavy atom. The molecule has 162 valence electrons. The van der Waals surface area contributed by atoms with Crippen molar-refractivity contribution in [2.45, 2.75) is 25.7 Å². The second-order valence-corrected chi connectivity index (χ2v) is 7.39. The predicted octanol–water partition coefficient (Wildman–Crippen LogP) is 4.34. The van der Waals surface area contributed by atoms with Crippen LogP contribution >= 0.6 is 0 Å². The molecule has 0 aliphatic carbocycles. The quantitative estimate of drug-likeness (QED) is 0.796. The zero-order chi connectivity index (χ0) is 21.6. The lowest BCUT2D eigenvalue weighted by Crippen LogP contribution is -2.44. The van der Waals surface area contributed by atoms with Crippen LogP contribution in [0.15, 0.2) is 58.5 Å². The van der Waals surface area contributed by atoms with Crippen LogP contribution in [0, 0.1) is 0 Å². The van der Waals surface area contributed by atoms with Gasteiger partial charge in [-0.25, -0.2) is 14.7 Å². The number of nitrogens with zero attached hydrogens (tertiary/aromatic N) is 4. The largest absolute Gasteiger partial charge is 0.497 e. The van der Waals surface area contributed by atoms with E-state index in [2.05, 4.69) is 15.2 Å². The Bertz CT molecular complexity index is 970. The van der Waals surface area contributed by atoms with Crippen LogP contribution in [0.2, 0.25) is 0 Å². The van der Waals surface area contributed by atoms with Gasteiger partial charge in [-0.3, -0.25) is 0 Å². The molecule has 0 aromatic heterocycles. The lowest BCUT2D eigenvalue weighted by atomic mass is 10.2. The number of nitrogens with one attached hydrogen (secondary N) is 1. The van der Waals surface area contributed by atoms with Crippen LogP contribution in [0.25, 0.3) is 0 Å². The van der Waals surface area contributed by atoms with Crippen molar-refractivity contribution in [1.29, 1.82) is 0 Å². The van der Waals surface area contributed by atoms with Crippen LogP contribution in [0.5, 0.6) is 11.5 Å². The number of carbonyl (C=O) groups excluding carboxylic acids is 1. The number of methoxy groups -OCH3 is 2. The maximum atomic E-state index is 13.3. The number of anilines is 2. The number of hydrogen-bond donors (Lipinski definition) is 1. The Labute approximate surface area is 182 Å². The molecule has 1 saturated heterocycles. The van der Waals surface area contributed by atoms with Gasteiger partial charge in [-0.1, -0.05) is 6.42 Å². The van der Waals surface area contributed by atoms with E-state index in [1.807, 2.05) is 24.3 Å². The smallest absolute Gasteiger partial charge is 0.333 e. The molecule has 2 amide bonds. The molecule has 2 aromatic carbocycles. The minimum atomic E-state index is -0.333. The van der Waals surface area contributed by atoms with Crippen molar-refractivity contribution >= 4 is 29.2 Å². The monoisotopic (exact) mass is 421 g/mol. The molecule has 2 heterocycles. The molecule has 31 heavy (non-hydrogen) atoms. The molecule has 2 aliphatic heterocycles. The maximum Gasteiger partial charge on any atom is 0.333 e. The third-order valence-corrected chi connectivity index (χ3v) is 5.38. The summed E-state index contributed by atoms with van der Waals surface area (Å²) in [7, 11) is 3.22. The third-order valence-electron chi connectivity index (χ3n) is 5.38. The van der Waals surface area contributed by atoms with Crippen molar-refractivity contribution in [3.63, 3.8) is 0 Å². The van der Waals surface area contributed by atoms with Gasteiger partial charge in [0.15, 0.2) is 0 Å². The fourth-order valence-corrected chi connectivity index (χ4v) is 3.66. The molecule has 4 rings (SSSR count). The van der Waals surface area contributed by atoms with E-state index in [9.17, 15) is 4.79 Å². The Morgan fingerprint density at radius 1 is 0.968 bits per heavy atom. The number of amides is 2. The molecule has 1 fully saturated rings. The van der Waals surface area contributed by atoms with Crippen LogP contribution in [0.3, 0.4) is 0 Å². The first-order valence-electron chi connectivity index (χ1n) is 10.4. The van der Waals surface area contributed by atoms with E-state index in [0.29, 0.717) is 29.8 Å². The van der Waals surface area contributed by atoms with Gasteiger partial charge in [0.05, 0.1) is 19.9 Å². The average molecular weight is 422 g/mol. The zero-order valence-electron chi connectivity index (χ0n) is 17.9. The van der Waals surface area contributed by atoms with Crippen LogP contribution in [0.1, 0.15) is 25.7 Å². The van der Waals surface area contributed by atoms with Gasteiger partial charge in [0.25, 0.3) is 0 Å². The van der Waals surface area contributed by atoms with Crippen molar-refractivity contribution in [1.82, 2.24) is 4.90 Å². The number of ether oxygens (including phenoxy) is 2. The van der Waals surface area contributed by atoms with Gasteiger partial charge in [-0.15, -0.1) is 0 Å². The molecule has 8 nitrogen and oxygen atoms in total. The zero-order valence-corrected chi connectivity index (χ0v) is 17.9. The Hall–Kier alpha value is -3.55. The third kappa shape index (κ3) is 4.79. The highest BCUT2D eigenvalue weighted by Crippen LogP contribution is 2.24. The number of urea groups is 1. The molecule has 0 atom stereocenters. The number of benzene rings is 2. The lowest BCUT2D eigenvalue weighted by molar-refractivity contribution is 0.259. The summed E-state index contributed by atoms with van der Waals surface area (Å²) in [6, 6.07) is 14.2. The summed E-state index contributed by atoms with van der Waals surface area (Å²) in [6.45, 7) is 1.47. The van der Waals surface area contributed by atoms with E-state index in [4.69, 9.17) is 14.5 Å². The molecule has 0 saturated carbocycles. The van der Waals surface area contributed by atoms with E-state index < -0.39 is 0 Å². The van der Waals surface area contributed by atoms with Crippen molar-refractivity contribution in [3.8, 4) is 11.5 Å². The van der Waals surface area contributed by atoms with Crippen LogP contribution < -0.4 is 19.7 Å². The number of rotatable bonds is 4. The number of amidine groups is 1. The minimum Gasteiger partial charge on any atom is -0.497 e. The predicted molar refractivity (Wildman–Crippen MR) is 122 cm³/mol. The van der Waals surface area contributed by atoms with Crippen LogP contribution in [-0.4, -0.2) is 50.2 Å². The van der Waals surface area contributed by atoms with Gasteiger partial charge in [-0.2, -0.15) is 4.99 Å². The summed E-state index contributed by atoms with van der Waals surface area (Å²) >= 11 is 0. The topological polar surface area (TPSA) is 78.8 Å². The second-order valence-electron chi connectivity index (χ2n) is 7.39. The number of aliphatic imine (C=N–C) groups is 2. The summed E-state index contributed by atoms with van der Waals surface area (Å²) in [6.07, 6.45) is 4.33. The van der Waals surface area contributed by atoms with E-state index in [-0.39, 0.29) is 6.03 Å². The first-order chi connectivity index (χ1) is 15.2. The SMILES string of the molecule is COc1ccc(NC(=O)N(C2=NCN3CCCCCC3=N2)c2ccc(OC)cc2)cc1. The minimum absolute atomic E-state index is 0.333. The van der Waals surface area contributed by atoms with Crippen molar-refractivity contribution in [2.24, 2.45) is 9.98 Å². The normalized spacial score (nSPS) is 15.7. The van der Waals surface area contributed by atoms with Crippen LogP contribution in [0.4, 0.5) is 16.2 Å². The van der Waals surface area contributed by atoms with Gasteiger partial charge in [0.2, 0.25) is 5.96 Å². The van der Waals surface area contributed by atoms with Crippen molar-refractivity contribution < 1.29 is 14.3 Å². The van der Waals surface area contributed by atoms with E-state index in [1.165, 1.54) is 11.3 Å². The summed E-state index contributed by atoms with van der Waals surface area (Å²) in [5.74, 6) is 2.83. The number of fused-ring (bicyclic) bond motifs is 1. The summed E-state index contributed by atoms with van der Waals surface area (Å²) in [4.78, 5) is 26.5. The molecule has 0 radical (unpaired) electrons.